The fourth-order valence-corrected chi connectivity index (χ4v) is 4.76. The van der Waals surface area contributed by atoms with E-state index in [1.54, 1.807) is 6.92 Å². The number of ketones is 1. The second-order valence-electron chi connectivity index (χ2n) is 9.09. The molecule has 5 heteroatoms. The van der Waals surface area contributed by atoms with Gasteiger partial charge in [0.1, 0.15) is 5.78 Å². The Morgan fingerprint density at radius 3 is 2.58 bits per heavy atom. The predicted molar refractivity (Wildman–Crippen MR) is 136 cm³/mol. The van der Waals surface area contributed by atoms with Gasteiger partial charge in [-0.15, -0.1) is 0 Å². The molecule has 1 amide bonds. The van der Waals surface area contributed by atoms with Crippen LogP contribution in [0.15, 0.2) is 42.5 Å². The lowest BCUT2D eigenvalue weighted by molar-refractivity contribution is -0.117. The van der Waals surface area contributed by atoms with Crippen molar-refractivity contribution in [1.29, 1.82) is 0 Å². The lowest BCUT2D eigenvalue weighted by atomic mass is 9.88. The Kier molecular flexibility index (Phi) is 10.1. The van der Waals surface area contributed by atoms with E-state index in [0.717, 1.165) is 24.8 Å². The van der Waals surface area contributed by atoms with Crippen molar-refractivity contribution in [3.8, 4) is 5.75 Å². The Labute approximate surface area is 200 Å². The molecule has 1 aliphatic rings. The quantitative estimate of drug-likeness (QED) is 0.384. The number of nitrogens with one attached hydrogen (secondary N) is 1. The number of carbonyl (C=O) groups excluding carboxylic acids is 2. The molecular weight excluding hydrogens is 417 g/mol. The Hall–Kier alpha value is -2.69. The third-order valence-corrected chi connectivity index (χ3v) is 6.61. The molecular formula is C28H42FNO3. The molecule has 3 rings (SSSR count). The average Bonchev–Trinajstić information content (AvgIpc) is 3.25. The first-order valence-electron chi connectivity index (χ1n) is 11.6. The maximum Gasteiger partial charge on any atom is 0.251 e. The molecule has 0 radical (unpaired) electrons. The van der Waals surface area contributed by atoms with Gasteiger partial charge in [0, 0.05) is 21.4 Å². The van der Waals surface area contributed by atoms with E-state index in [4.69, 9.17) is 4.74 Å². The Morgan fingerprint density at radius 1 is 1.18 bits per heavy atom. The number of hydrogen-bond donors (Lipinski definition) is 1. The lowest BCUT2D eigenvalue weighted by Gasteiger charge is -2.18. The summed E-state index contributed by atoms with van der Waals surface area (Å²) in [6.07, 6.45) is 5.72. The largest absolute Gasteiger partial charge is 0.494 e. The first-order valence-corrected chi connectivity index (χ1v) is 11.6. The van der Waals surface area contributed by atoms with Crippen LogP contribution in [0.3, 0.4) is 0 Å². The number of methoxy groups -OCH3 is 1. The summed E-state index contributed by atoms with van der Waals surface area (Å²) in [6.45, 7) is 4.28. The van der Waals surface area contributed by atoms with Crippen molar-refractivity contribution in [2.24, 2.45) is 5.92 Å². The van der Waals surface area contributed by atoms with Crippen molar-refractivity contribution in [2.75, 3.05) is 13.7 Å². The predicted octanol–water partition coefficient (Wildman–Crippen LogP) is 7.14. The third-order valence-electron chi connectivity index (χ3n) is 6.61. The van der Waals surface area contributed by atoms with E-state index in [9.17, 15) is 14.0 Å². The van der Waals surface area contributed by atoms with Gasteiger partial charge >= 0.3 is 0 Å². The molecule has 0 aliphatic heterocycles. The zero-order chi connectivity index (χ0) is 23.1. The molecule has 2 aromatic carbocycles. The molecule has 0 spiro atoms. The van der Waals surface area contributed by atoms with Crippen LogP contribution < -0.4 is 10.1 Å². The van der Waals surface area contributed by atoms with Crippen LogP contribution in [0.1, 0.15) is 96.0 Å². The Balaban J connectivity index is 0.00000385. The normalized spacial score (nSPS) is 18.3. The molecule has 1 fully saturated rings. The SMILES string of the molecule is C.COc1cc([C@@H](C)CC2CC[C@H](c3ccc(C(=O)NCCCC(C)=O)cc3)C2)ccc1F.[HH].[HH]. The first kappa shape index (κ1) is 26.6. The molecule has 0 aromatic heterocycles. The van der Waals surface area contributed by atoms with Crippen LogP contribution in [0.2, 0.25) is 0 Å². The minimum Gasteiger partial charge on any atom is -0.494 e. The highest BCUT2D eigenvalue weighted by Gasteiger charge is 2.27. The van der Waals surface area contributed by atoms with E-state index < -0.39 is 0 Å². The van der Waals surface area contributed by atoms with Crippen molar-refractivity contribution >= 4 is 11.7 Å². The molecule has 1 unspecified atom stereocenters. The van der Waals surface area contributed by atoms with Crippen molar-refractivity contribution in [3.05, 3.63) is 65.0 Å². The van der Waals surface area contributed by atoms with Gasteiger partial charge in [0.25, 0.3) is 5.91 Å². The summed E-state index contributed by atoms with van der Waals surface area (Å²) in [5.74, 6) is 1.54. The van der Waals surface area contributed by atoms with Gasteiger partial charge in [0.2, 0.25) is 0 Å². The van der Waals surface area contributed by atoms with Gasteiger partial charge in [0.05, 0.1) is 7.11 Å². The molecule has 2 aromatic rings. The fraction of sp³-hybridized carbons (Fsp3) is 0.500. The molecule has 0 bridgehead atoms. The summed E-state index contributed by atoms with van der Waals surface area (Å²) in [5, 5.41) is 2.88. The number of Topliss-reactive ketones (excluding diaryl/α,β-unsaturated/α-hetero) is 1. The van der Waals surface area contributed by atoms with Gasteiger partial charge < -0.3 is 14.8 Å². The zero-order valence-corrected chi connectivity index (χ0v) is 19.3. The number of carbonyl (C=O) groups is 2. The summed E-state index contributed by atoms with van der Waals surface area (Å²) >= 11 is 0. The van der Waals surface area contributed by atoms with Gasteiger partial charge in [-0.25, -0.2) is 4.39 Å². The molecule has 33 heavy (non-hydrogen) atoms. The van der Waals surface area contributed by atoms with Gasteiger partial charge in [-0.05, 0) is 92.2 Å². The topological polar surface area (TPSA) is 55.4 Å². The van der Waals surface area contributed by atoms with Crippen LogP contribution >= 0.6 is 0 Å². The third kappa shape index (κ3) is 7.41. The number of halogens is 1. The highest BCUT2D eigenvalue weighted by atomic mass is 19.1. The molecule has 4 nitrogen and oxygen atoms in total. The summed E-state index contributed by atoms with van der Waals surface area (Å²) in [5.41, 5.74) is 3.06. The van der Waals surface area contributed by atoms with Crippen LogP contribution in [0.5, 0.6) is 5.75 Å². The van der Waals surface area contributed by atoms with E-state index in [1.165, 1.54) is 25.2 Å². The highest BCUT2D eigenvalue weighted by molar-refractivity contribution is 5.94. The van der Waals surface area contributed by atoms with Crippen molar-refractivity contribution < 1.29 is 21.6 Å². The first-order chi connectivity index (χ1) is 15.4. The fourth-order valence-electron chi connectivity index (χ4n) is 4.76. The van der Waals surface area contributed by atoms with Crippen molar-refractivity contribution in [2.45, 2.75) is 71.6 Å². The molecule has 1 saturated carbocycles. The Morgan fingerprint density at radius 2 is 1.91 bits per heavy atom. The molecule has 3 atom stereocenters. The van der Waals surface area contributed by atoms with Crippen LogP contribution in [0, 0.1) is 11.7 Å². The van der Waals surface area contributed by atoms with Crippen molar-refractivity contribution in [3.63, 3.8) is 0 Å². The second-order valence-corrected chi connectivity index (χ2v) is 9.09. The minimum absolute atomic E-state index is 0. The summed E-state index contributed by atoms with van der Waals surface area (Å²) in [4.78, 5) is 23.3. The standard InChI is InChI=1S/C27H34FNO3.CH4.2H2/c1-18(23-12-13-25(28)26(17-23)32-3)15-20-6-7-24(16-20)21-8-10-22(11-9-21)27(31)29-14-4-5-19(2)30;;;/h8-13,17-18,20,24H,4-7,14-16H2,1-3H3,(H,29,31);1H4;2*1H/t18-,20?,24-;;;/m0.../s1. The van der Waals surface area contributed by atoms with Crippen LogP contribution in [-0.2, 0) is 4.79 Å². The molecule has 1 aliphatic carbocycles. The number of amides is 1. The van der Waals surface area contributed by atoms with E-state index in [-0.39, 0.29) is 27.8 Å². The number of benzene rings is 2. The van der Waals surface area contributed by atoms with E-state index >= 15 is 0 Å². The Bertz CT molecular complexity index is 936. The van der Waals surface area contributed by atoms with Gasteiger partial charge in [-0.1, -0.05) is 32.5 Å². The molecule has 184 valence electrons. The summed E-state index contributed by atoms with van der Waals surface area (Å²) in [7, 11) is 1.50. The molecule has 1 N–H and O–H groups in total. The summed E-state index contributed by atoms with van der Waals surface area (Å²) < 4.78 is 18.8. The number of ether oxygens (including phenoxy) is 1. The van der Waals surface area contributed by atoms with Gasteiger partial charge in [-0.2, -0.15) is 0 Å². The monoisotopic (exact) mass is 459 g/mol. The average molecular weight is 460 g/mol. The minimum atomic E-state index is -0.322. The van der Waals surface area contributed by atoms with E-state index in [2.05, 4.69) is 24.4 Å². The van der Waals surface area contributed by atoms with Crippen molar-refractivity contribution in [1.82, 2.24) is 5.32 Å². The van der Waals surface area contributed by atoms with E-state index in [1.807, 2.05) is 24.3 Å². The molecule has 0 saturated heterocycles. The van der Waals surface area contributed by atoms with Gasteiger partial charge in [-0.3, -0.25) is 4.79 Å². The summed E-state index contributed by atoms with van der Waals surface area (Å²) in [6, 6.07) is 13.1. The second kappa shape index (κ2) is 12.5. The van der Waals surface area contributed by atoms with Gasteiger partial charge in [0.15, 0.2) is 11.6 Å². The zero-order valence-electron chi connectivity index (χ0n) is 19.3. The maximum absolute atomic E-state index is 13.7. The number of rotatable bonds is 10. The van der Waals surface area contributed by atoms with Crippen LogP contribution in [0.4, 0.5) is 4.39 Å². The smallest absolute Gasteiger partial charge is 0.251 e. The number of hydrogen-bond acceptors (Lipinski definition) is 3. The van der Waals surface area contributed by atoms with Crippen LogP contribution in [0.25, 0.3) is 0 Å². The molecule has 0 heterocycles. The lowest BCUT2D eigenvalue weighted by Crippen LogP contribution is -2.24. The highest BCUT2D eigenvalue weighted by Crippen LogP contribution is 2.42. The maximum atomic E-state index is 13.7. The van der Waals surface area contributed by atoms with E-state index in [0.29, 0.717) is 48.5 Å². The van der Waals surface area contributed by atoms with Crippen LogP contribution in [-0.4, -0.2) is 25.3 Å².